The van der Waals surface area contributed by atoms with Crippen molar-refractivity contribution in [2.45, 2.75) is 32.1 Å². The molecule has 2 heterocycles. The SMILES string of the molecule is COc1ccc(C(C#N)(CCCN2CCN(c3ccccn3)CC2)C(C)C)cc1OC. The Morgan fingerprint density at radius 2 is 1.81 bits per heavy atom. The van der Waals surface area contributed by atoms with Crippen LogP contribution in [0.25, 0.3) is 0 Å². The highest BCUT2D eigenvalue weighted by Gasteiger charge is 2.36. The van der Waals surface area contributed by atoms with Gasteiger partial charge >= 0.3 is 0 Å². The first kappa shape index (κ1) is 22.9. The van der Waals surface area contributed by atoms with Crippen molar-refractivity contribution in [2.75, 3.05) is 51.8 Å². The molecule has 0 radical (unpaired) electrons. The summed E-state index contributed by atoms with van der Waals surface area (Å²) in [5.41, 5.74) is 0.456. The minimum Gasteiger partial charge on any atom is -0.493 e. The van der Waals surface area contributed by atoms with E-state index in [0.717, 1.165) is 56.9 Å². The normalized spacial score (nSPS) is 16.6. The minimum atomic E-state index is -0.546. The van der Waals surface area contributed by atoms with Crippen LogP contribution in [0.5, 0.6) is 11.5 Å². The molecule has 0 spiro atoms. The van der Waals surface area contributed by atoms with E-state index in [1.165, 1.54) is 0 Å². The standard InChI is InChI=1S/C25H34N4O2/c1-20(2)25(19-26,21-9-10-22(30-3)23(18-21)31-4)11-7-13-28-14-16-29(17-15-28)24-8-5-6-12-27-24/h5-6,8-10,12,18,20H,7,11,13-17H2,1-4H3. The van der Waals surface area contributed by atoms with Crippen LogP contribution in [0.1, 0.15) is 32.3 Å². The molecule has 1 aromatic carbocycles. The molecule has 1 unspecified atom stereocenters. The van der Waals surface area contributed by atoms with Crippen LogP contribution in [-0.4, -0.2) is 56.8 Å². The molecule has 1 atom stereocenters. The summed E-state index contributed by atoms with van der Waals surface area (Å²) in [4.78, 5) is 9.30. The van der Waals surface area contributed by atoms with Crippen LogP contribution in [0.2, 0.25) is 0 Å². The third-order valence-electron chi connectivity index (χ3n) is 6.47. The maximum absolute atomic E-state index is 10.2. The minimum absolute atomic E-state index is 0.191. The molecular weight excluding hydrogens is 388 g/mol. The van der Waals surface area contributed by atoms with Gasteiger partial charge in [0.1, 0.15) is 5.82 Å². The van der Waals surface area contributed by atoms with E-state index in [0.29, 0.717) is 11.5 Å². The number of benzene rings is 1. The van der Waals surface area contributed by atoms with Crippen molar-refractivity contribution in [1.29, 1.82) is 5.26 Å². The van der Waals surface area contributed by atoms with Crippen molar-refractivity contribution in [3.05, 3.63) is 48.2 Å². The molecular formula is C25H34N4O2. The first-order valence-corrected chi connectivity index (χ1v) is 11.1. The summed E-state index contributed by atoms with van der Waals surface area (Å²) in [6, 6.07) is 14.6. The Hall–Kier alpha value is -2.78. The number of anilines is 1. The van der Waals surface area contributed by atoms with Gasteiger partial charge in [-0.2, -0.15) is 5.26 Å². The maximum Gasteiger partial charge on any atom is 0.161 e. The Morgan fingerprint density at radius 1 is 1.06 bits per heavy atom. The molecule has 0 aliphatic carbocycles. The molecule has 0 bridgehead atoms. The van der Waals surface area contributed by atoms with Gasteiger partial charge in [-0.3, -0.25) is 4.90 Å². The molecule has 0 N–H and O–H groups in total. The monoisotopic (exact) mass is 422 g/mol. The van der Waals surface area contributed by atoms with Crippen molar-refractivity contribution in [3.63, 3.8) is 0 Å². The molecule has 1 saturated heterocycles. The second-order valence-corrected chi connectivity index (χ2v) is 8.43. The fraction of sp³-hybridized carbons (Fsp3) is 0.520. The fourth-order valence-electron chi connectivity index (χ4n) is 4.45. The van der Waals surface area contributed by atoms with Gasteiger partial charge in [-0.15, -0.1) is 0 Å². The van der Waals surface area contributed by atoms with Gasteiger partial charge in [0, 0.05) is 32.4 Å². The summed E-state index contributed by atoms with van der Waals surface area (Å²) in [6.45, 7) is 9.28. The van der Waals surface area contributed by atoms with Crippen LogP contribution in [0, 0.1) is 17.2 Å². The molecule has 1 fully saturated rings. The van der Waals surface area contributed by atoms with Gasteiger partial charge in [0.05, 0.1) is 25.7 Å². The molecule has 3 rings (SSSR count). The highest BCUT2D eigenvalue weighted by Crippen LogP contribution is 2.40. The summed E-state index contributed by atoms with van der Waals surface area (Å²) < 4.78 is 10.9. The highest BCUT2D eigenvalue weighted by atomic mass is 16.5. The molecule has 6 heteroatoms. The Balaban J connectivity index is 1.62. The Morgan fingerprint density at radius 3 is 2.39 bits per heavy atom. The van der Waals surface area contributed by atoms with Crippen molar-refractivity contribution in [1.82, 2.24) is 9.88 Å². The molecule has 31 heavy (non-hydrogen) atoms. The summed E-state index contributed by atoms with van der Waals surface area (Å²) in [7, 11) is 3.26. The Kier molecular flexibility index (Phi) is 7.75. The smallest absolute Gasteiger partial charge is 0.161 e. The number of ether oxygens (including phenoxy) is 2. The fourth-order valence-corrected chi connectivity index (χ4v) is 4.45. The van der Waals surface area contributed by atoms with Gasteiger partial charge in [0.2, 0.25) is 0 Å². The zero-order chi connectivity index (χ0) is 22.3. The van der Waals surface area contributed by atoms with Crippen LogP contribution in [0.3, 0.4) is 0 Å². The molecule has 1 aromatic heterocycles. The predicted molar refractivity (Wildman–Crippen MR) is 124 cm³/mol. The third-order valence-corrected chi connectivity index (χ3v) is 6.47. The number of hydrogen-bond donors (Lipinski definition) is 0. The first-order valence-electron chi connectivity index (χ1n) is 11.1. The molecule has 166 valence electrons. The third kappa shape index (κ3) is 5.11. The number of piperazine rings is 1. The number of rotatable bonds is 9. The predicted octanol–water partition coefficient (Wildman–Crippen LogP) is 4.12. The van der Waals surface area contributed by atoms with E-state index in [-0.39, 0.29) is 5.92 Å². The van der Waals surface area contributed by atoms with Crippen molar-refractivity contribution in [2.24, 2.45) is 5.92 Å². The van der Waals surface area contributed by atoms with E-state index in [1.54, 1.807) is 14.2 Å². The van der Waals surface area contributed by atoms with Crippen LogP contribution in [-0.2, 0) is 5.41 Å². The van der Waals surface area contributed by atoms with Gasteiger partial charge in [-0.05, 0) is 55.1 Å². The highest BCUT2D eigenvalue weighted by molar-refractivity contribution is 5.47. The van der Waals surface area contributed by atoms with Crippen LogP contribution in [0.4, 0.5) is 5.82 Å². The van der Waals surface area contributed by atoms with Crippen LogP contribution in [0.15, 0.2) is 42.6 Å². The lowest BCUT2D eigenvalue weighted by Crippen LogP contribution is -2.47. The summed E-state index contributed by atoms with van der Waals surface area (Å²) in [5, 5.41) is 10.2. The lowest BCUT2D eigenvalue weighted by molar-refractivity contribution is 0.238. The van der Waals surface area contributed by atoms with Crippen LogP contribution < -0.4 is 14.4 Å². The van der Waals surface area contributed by atoms with E-state index in [1.807, 2.05) is 36.5 Å². The number of methoxy groups -OCH3 is 2. The Labute approximate surface area is 186 Å². The number of nitriles is 1. The summed E-state index contributed by atoms with van der Waals surface area (Å²) >= 11 is 0. The van der Waals surface area contributed by atoms with Crippen molar-refractivity contribution in [3.8, 4) is 17.6 Å². The van der Waals surface area contributed by atoms with Crippen molar-refractivity contribution >= 4 is 5.82 Å². The van der Waals surface area contributed by atoms with E-state index in [2.05, 4.69) is 40.8 Å². The number of nitrogens with zero attached hydrogens (tertiary/aromatic N) is 4. The molecule has 2 aromatic rings. The van der Waals surface area contributed by atoms with E-state index in [4.69, 9.17) is 9.47 Å². The van der Waals surface area contributed by atoms with Gasteiger partial charge in [-0.1, -0.05) is 26.0 Å². The second kappa shape index (κ2) is 10.5. The zero-order valence-corrected chi connectivity index (χ0v) is 19.2. The van der Waals surface area contributed by atoms with Crippen LogP contribution >= 0.6 is 0 Å². The number of aromatic nitrogens is 1. The zero-order valence-electron chi connectivity index (χ0n) is 19.2. The van der Waals surface area contributed by atoms with Gasteiger partial charge in [0.25, 0.3) is 0 Å². The first-order chi connectivity index (χ1) is 15.0. The lowest BCUT2D eigenvalue weighted by Gasteiger charge is -2.36. The molecule has 1 aliphatic rings. The van der Waals surface area contributed by atoms with E-state index >= 15 is 0 Å². The average molecular weight is 423 g/mol. The van der Waals surface area contributed by atoms with Gasteiger partial charge < -0.3 is 14.4 Å². The Bertz CT molecular complexity index is 873. The summed E-state index contributed by atoms with van der Waals surface area (Å²) in [6.07, 6.45) is 3.64. The maximum atomic E-state index is 10.2. The number of pyridine rings is 1. The van der Waals surface area contributed by atoms with Crippen molar-refractivity contribution < 1.29 is 9.47 Å². The molecule has 0 amide bonds. The van der Waals surface area contributed by atoms with Gasteiger partial charge in [0.15, 0.2) is 11.5 Å². The topological polar surface area (TPSA) is 61.6 Å². The number of hydrogen-bond acceptors (Lipinski definition) is 6. The largest absolute Gasteiger partial charge is 0.493 e. The summed E-state index contributed by atoms with van der Waals surface area (Å²) in [5.74, 6) is 2.61. The second-order valence-electron chi connectivity index (χ2n) is 8.43. The van der Waals surface area contributed by atoms with Gasteiger partial charge in [-0.25, -0.2) is 4.98 Å². The molecule has 1 aliphatic heterocycles. The molecule has 6 nitrogen and oxygen atoms in total. The van der Waals surface area contributed by atoms with E-state index < -0.39 is 5.41 Å². The van der Waals surface area contributed by atoms with E-state index in [9.17, 15) is 5.26 Å². The lowest BCUT2D eigenvalue weighted by atomic mass is 9.69. The average Bonchev–Trinajstić information content (AvgIpc) is 2.82. The molecule has 0 saturated carbocycles. The quantitative estimate of drug-likeness (QED) is 0.606.